The number of rotatable bonds is 3. The van der Waals surface area contributed by atoms with E-state index in [1.165, 1.54) is 23.5 Å². The second-order valence-electron chi connectivity index (χ2n) is 4.44. The minimum atomic E-state index is 0.391. The van der Waals surface area contributed by atoms with Gasteiger partial charge in [-0.1, -0.05) is 33.0 Å². The van der Waals surface area contributed by atoms with E-state index in [1.54, 1.807) is 0 Å². The van der Waals surface area contributed by atoms with Crippen molar-refractivity contribution in [3.63, 3.8) is 0 Å². The molecule has 2 heteroatoms. The quantitative estimate of drug-likeness (QED) is 0.646. The maximum absolute atomic E-state index is 5.29. The molecule has 0 aliphatic heterocycles. The molecule has 0 aromatic carbocycles. The van der Waals surface area contributed by atoms with Crippen molar-refractivity contribution in [2.24, 2.45) is 5.41 Å². The molecule has 0 N–H and O–H groups in total. The van der Waals surface area contributed by atoms with Crippen LogP contribution < -0.4 is 0 Å². The summed E-state index contributed by atoms with van der Waals surface area (Å²) in [5, 5.41) is 0. The SMILES string of the molecule is CCCSC1=CC(=S)CC(C)(C)C1. The molecule has 0 radical (unpaired) electrons. The Bertz CT molecular complexity index is 226. The number of thioether (sulfide) groups is 1. The first kappa shape index (κ1) is 11.3. The lowest BCUT2D eigenvalue weighted by molar-refractivity contribution is 0.383. The van der Waals surface area contributed by atoms with Gasteiger partial charge in [-0.15, -0.1) is 11.8 Å². The van der Waals surface area contributed by atoms with Crippen LogP contribution in [0.25, 0.3) is 0 Å². The van der Waals surface area contributed by atoms with E-state index in [4.69, 9.17) is 12.2 Å². The zero-order valence-corrected chi connectivity index (χ0v) is 10.4. The fourth-order valence-electron chi connectivity index (χ4n) is 1.61. The molecule has 0 amide bonds. The third-order valence-electron chi connectivity index (χ3n) is 2.12. The molecule has 0 heterocycles. The number of hydrogen-bond donors (Lipinski definition) is 0. The topological polar surface area (TPSA) is 0 Å². The monoisotopic (exact) mass is 214 g/mol. The molecule has 0 nitrogen and oxygen atoms in total. The van der Waals surface area contributed by atoms with Crippen molar-refractivity contribution in [1.82, 2.24) is 0 Å². The van der Waals surface area contributed by atoms with Gasteiger partial charge in [-0.25, -0.2) is 0 Å². The van der Waals surface area contributed by atoms with Crippen LogP contribution in [0.3, 0.4) is 0 Å². The van der Waals surface area contributed by atoms with E-state index < -0.39 is 0 Å². The summed E-state index contributed by atoms with van der Waals surface area (Å²) in [6, 6.07) is 0. The molecule has 0 saturated heterocycles. The minimum absolute atomic E-state index is 0.391. The molecule has 0 unspecified atom stereocenters. The van der Waals surface area contributed by atoms with Gasteiger partial charge in [0.1, 0.15) is 0 Å². The summed E-state index contributed by atoms with van der Waals surface area (Å²) in [4.78, 5) is 2.62. The van der Waals surface area contributed by atoms with Gasteiger partial charge in [0.05, 0.1) is 0 Å². The maximum atomic E-state index is 5.29. The highest BCUT2D eigenvalue weighted by atomic mass is 32.2. The van der Waals surface area contributed by atoms with Crippen LogP contribution in [-0.4, -0.2) is 10.6 Å². The molecule has 1 rings (SSSR count). The Labute approximate surface area is 91.2 Å². The summed E-state index contributed by atoms with van der Waals surface area (Å²) in [5.74, 6) is 1.23. The first-order valence-corrected chi connectivity index (χ1v) is 6.29. The normalized spacial score (nSPS) is 21.5. The minimum Gasteiger partial charge on any atom is -0.131 e. The molecule has 13 heavy (non-hydrogen) atoms. The van der Waals surface area contributed by atoms with E-state index in [-0.39, 0.29) is 0 Å². The fourth-order valence-corrected chi connectivity index (χ4v) is 3.41. The van der Waals surface area contributed by atoms with E-state index in [0.717, 1.165) is 11.3 Å². The Hall–Kier alpha value is 0.180. The Balaban J connectivity index is 2.59. The molecule has 1 aliphatic rings. The van der Waals surface area contributed by atoms with Crippen LogP contribution in [0.4, 0.5) is 0 Å². The van der Waals surface area contributed by atoms with Gasteiger partial charge in [0, 0.05) is 4.86 Å². The maximum Gasteiger partial charge on any atom is 0.0165 e. The summed E-state index contributed by atoms with van der Waals surface area (Å²) < 4.78 is 0. The lowest BCUT2D eigenvalue weighted by Crippen LogP contribution is -2.20. The number of hydrogen-bond acceptors (Lipinski definition) is 2. The molecular weight excluding hydrogens is 196 g/mol. The van der Waals surface area contributed by atoms with E-state index in [9.17, 15) is 0 Å². The average Bonchev–Trinajstić information content (AvgIpc) is 1.97. The predicted molar refractivity (Wildman–Crippen MR) is 66.4 cm³/mol. The summed E-state index contributed by atoms with van der Waals surface area (Å²) >= 11 is 7.27. The Morgan fingerprint density at radius 3 is 2.69 bits per heavy atom. The van der Waals surface area contributed by atoms with Crippen molar-refractivity contribution in [3.05, 3.63) is 11.0 Å². The van der Waals surface area contributed by atoms with Gasteiger partial charge in [0.15, 0.2) is 0 Å². The Morgan fingerprint density at radius 2 is 2.15 bits per heavy atom. The zero-order chi connectivity index (χ0) is 9.90. The lowest BCUT2D eigenvalue weighted by atomic mass is 9.81. The van der Waals surface area contributed by atoms with Crippen molar-refractivity contribution in [1.29, 1.82) is 0 Å². The van der Waals surface area contributed by atoms with Crippen LogP contribution in [0.5, 0.6) is 0 Å². The molecule has 0 spiro atoms. The van der Waals surface area contributed by atoms with Crippen molar-refractivity contribution in [2.75, 3.05) is 5.75 Å². The summed E-state index contributed by atoms with van der Waals surface area (Å²) in [6.07, 6.45) is 5.74. The van der Waals surface area contributed by atoms with Crippen LogP contribution in [0, 0.1) is 5.41 Å². The molecule has 0 aromatic rings. The molecule has 74 valence electrons. The van der Waals surface area contributed by atoms with Gasteiger partial charge in [0.2, 0.25) is 0 Å². The van der Waals surface area contributed by atoms with E-state index in [2.05, 4.69) is 26.8 Å². The van der Waals surface area contributed by atoms with Gasteiger partial charge in [-0.05, 0) is 41.4 Å². The molecular formula is C11H18S2. The molecule has 0 fully saturated rings. The van der Waals surface area contributed by atoms with Crippen LogP contribution in [0.2, 0.25) is 0 Å². The van der Waals surface area contributed by atoms with E-state index >= 15 is 0 Å². The molecule has 0 aromatic heterocycles. The standard InChI is InChI=1S/C11H18S2/c1-4-5-13-10-6-9(12)7-11(2,3)8-10/h6H,4-5,7-8H2,1-3H3. The molecule has 0 atom stereocenters. The largest absolute Gasteiger partial charge is 0.131 e. The third-order valence-corrected chi connectivity index (χ3v) is 3.63. The first-order valence-electron chi connectivity index (χ1n) is 4.90. The first-order chi connectivity index (χ1) is 6.03. The van der Waals surface area contributed by atoms with Crippen molar-refractivity contribution in [2.45, 2.75) is 40.0 Å². The smallest absolute Gasteiger partial charge is 0.0165 e. The predicted octanol–water partition coefficient (Wildman–Crippen LogP) is 4.20. The Kier molecular flexibility index (Phi) is 3.99. The molecule has 0 bridgehead atoms. The number of allylic oxidation sites excluding steroid dienone is 2. The van der Waals surface area contributed by atoms with Gasteiger partial charge < -0.3 is 0 Å². The van der Waals surface area contributed by atoms with Gasteiger partial charge in [-0.3, -0.25) is 0 Å². The van der Waals surface area contributed by atoms with E-state index in [0.29, 0.717) is 5.41 Å². The van der Waals surface area contributed by atoms with Crippen molar-refractivity contribution >= 4 is 28.8 Å². The summed E-state index contributed by atoms with van der Waals surface area (Å²) in [5.41, 5.74) is 0.391. The van der Waals surface area contributed by atoms with Crippen LogP contribution >= 0.6 is 24.0 Å². The van der Waals surface area contributed by atoms with Crippen LogP contribution in [-0.2, 0) is 0 Å². The third kappa shape index (κ3) is 3.82. The average molecular weight is 214 g/mol. The highest BCUT2D eigenvalue weighted by Gasteiger charge is 2.25. The van der Waals surface area contributed by atoms with Gasteiger partial charge >= 0.3 is 0 Å². The lowest BCUT2D eigenvalue weighted by Gasteiger charge is -2.29. The summed E-state index contributed by atoms with van der Waals surface area (Å²) in [7, 11) is 0. The second-order valence-corrected chi connectivity index (χ2v) is 6.19. The highest BCUT2D eigenvalue weighted by molar-refractivity contribution is 8.03. The molecule has 0 saturated carbocycles. The fraction of sp³-hybridized carbons (Fsp3) is 0.727. The van der Waals surface area contributed by atoms with E-state index in [1.807, 2.05) is 11.8 Å². The van der Waals surface area contributed by atoms with Gasteiger partial charge in [-0.2, -0.15) is 0 Å². The Morgan fingerprint density at radius 1 is 1.46 bits per heavy atom. The molecule has 1 aliphatic carbocycles. The second kappa shape index (κ2) is 4.61. The van der Waals surface area contributed by atoms with Crippen molar-refractivity contribution < 1.29 is 0 Å². The summed E-state index contributed by atoms with van der Waals surface area (Å²) in [6.45, 7) is 6.83. The highest BCUT2D eigenvalue weighted by Crippen LogP contribution is 2.38. The van der Waals surface area contributed by atoms with Crippen LogP contribution in [0.15, 0.2) is 11.0 Å². The zero-order valence-electron chi connectivity index (χ0n) is 8.72. The number of thiocarbonyl (C=S) groups is 1. The van der Waals surface area contributed by atoms with Gasteiger partial charge in [0.25, 0.3) is 0 Å². The van der Waals surface area contributed by atoms with Crippen molar-refractivity contribution in [3.8, 4) is 0 Å². The van der Waals surface area contributed by atoms with Crippen LogP contribution in [0.1, 0.15) is 40.0 Å².